The summed E-state index contributed by atoms with van der Waals surface area (Å²) < 4.78 is 14.2. The van der Waals surface area contributed by atoms with Crippen LogP contribution in [0.15, 0.2) is 0 Å². The number of hydrogen-bond acceptors (Lipinski definition) is 6. The quantitative estimate of drug-likeness (QED) is 0.427. The zero-order chi connectivity index (χ0) is 20.8. The van der Waals surface area contributed by atoms with E-state index in [1.807, 2.05) is 13.8 Å². The van der Waals surface area contributed by atoms with Crippen LogP contribution in [0.25, 0.3) is 0 Å². The molecule has 25 heavy (non-hydrogen) atoms. The van der Waals surface area contributed by atoms with E-state index in [4.69, 9.17) is 20.3 Å². The van der Waals surface area contributed by atoms with Crippen molar-refractivity contribution < 1.29 is 24.1 Å². The minimum atomic E-state index is 0.171. The Morgan fingerprint density at radius 2 is 1.36 bits per heavy atom. The Bertz CT molecular complexity index is 171. The van der Waals surface area contributed by atoms with Crippen molar-refractivity contribution in [2.45, 2.75) is 53.9 Å². The van der Waals surface area contributed by atoms with Crippen LogP contribution in [0.5, 0.6) is 0 Å². The van der Waals surface area contributed by atoms with Crippen LogP contribution >= 0.6 is 15.9 Å². The molecular formula is C18H44BrNO5. The topological polar surface area (TPSA) is 91.0 Å². The number of rotatable bonds is 9. The first-order valence-corrected chi connectivity index (χ1v) is 9.97. The van der Waals surface area contributed by atoms with E-state index in [0.717, 1.165) is 39.1 Å². The van der Waals surface area contributed by atoms with Crippen molar-refractivity contribution in [3.05, 3.63) is 0 Å². The summed E-state index contributed by atoms with van der Waals surface area (Å²) in [5, 5.41) is 8.35. The van der Waals surface area contributed by atoms with Crippen LogP contribution in [0.1, 0.15) is 53.9 Å². The molecule has 0 heterocycles. The summed E-state index contributed by atoms with van der Waals surface area (Å²) >= 11 is 2.96. The van der Waals surface area contributed by atoms with Crippen LogP contribution in [-0.2, 0) is 19.0 Å². The molecule has 0 aromatic heterocycles. The maximum Gasteiger partial charge on any atom is 0.140 e. The molecule has 3 N–H and O–H groups in total. The zero-order valence-electron chi connectivity index (χ0n) is 17.6. The monoisotopic (exact) mass is 433 g/mol. The van der Waals surface area contributed by atoms with Gasteiger partial charge in [-0.05, 0) is 33.1 Å². The van der Waals surface area contributed by atoms with Gasteiger partial charge in [-0.1, -0.05) is 36.7 Å². The van der Waals surface area contributed by atoms with Crippen LogP contribution in [0.2, 0.25) is 0 Å². The average Bonchev–Trinajstić information content (AvgIpc) is 2.63. The lowest BCUT2D eigenvalue weighted by Gasteiger charge is -1.91. The van der Waals surface area contributed by atoms with E-state index in [2.05, 4.69) is 34.5 Å². The van der Waals surface area contributed by atoms with Crippen LogP contribution in [0, 0.1) is 0 Å². The number of carbonyl (C=O) groups excluding carboxylic acids is 1. The number of ketones is 1. The molecule has 0 rings (SSSR count). The fraction of sp³-hybridized carbons (Fsp3) is 0.944. The van der Waals surface area contributed by atoms with Crippen LogP contribution in [0.4, 0.5) is 0 Å². The number of Topliss-reactive ketones (excluding diaryl/α,β-unsaturated/α-hetero) is 1. The number of nitrogens with two attached hydrogens (primary N) is 1. The van der Waals surface area contributed by atoms with Gasteiger partial charge in [0.1, 0.15) is 5.78 Å². The summed E-state index contributed by atoms with van der Waals surface area (Å²) in [6.07, 6.45) is 3.13. The molecule has 0 unspecified atom stereocenters. The highest BCUT2D eigenvalue weighted by Gasteiger charge is 1.79. The summed E-state index contributed by atoms with van der Waals surface area (Å²) in [6.45, 7) is 13.9. The lowest BCUT2D eigenvalue weighted by molar-refractivity contribution is -0.114. The van der Waals surface area contributed by atoms with Crippen LogP contribution < -0.4 is 5.73 Å². The van der Waals surface area contributed by atoms with Crippen molar-refractivity contribution >= 4 is 21.7 Å². The van der Waals surface area contributed by atoms with E-state index >= 15 is 0 Å². The summed E-state index contributed by atoms with van der Waals surface area (Å²) in [5.41, 5.74) is 5.01. The first-order valence-electron chi connectivity index (χ1n) is 8.85. The Labute approximate surface area is 164 Å². The molecule has 0 aliphatic rings. The number of ether oxygens (including phenoxy) is 3. The maximum absolute atomic E-state index is 9.77. The Hall–Kier alpha value is -0.0500. The molecule has 6 nitrogen and oxygen atoms in total. The average molecular weight is 434 g/mol. The SMILES string of the molecule is CC(=O)CBr.CCCO.CCCOC.CCCOCC.COCCN. The van der Waals surface area contributed by atoms with Crippen molar-refractivity contribution in [2.24, 2.45) is 5.73 Å². The zero-order valence-corrected chi connectivity index (χ0v) is 19.2. The van der Waals surface area contributed by atoms with Gasteiger partial charge < -0.3 is 25.1 Å². The summed E-state index contributed by atoms with van der Waals surface area (Å²) in [5.74, 6) is 0.171. The van der Waals surface area contributed by atoms with E-state index in [1.165, 1.54) is 6.92 Å². The normalized spacial score (nSPS) is 8.24. The smallest absolute Gasteiger partial charge is 0.140 e. The highest BCUT2D eigenvalue weighted by molar-refractivity contribution is 9.09. The lowest BCUT2D eigenvalue weighted by atomic mass is 10.5. The third-order valence-electron chi connectivity index (χ3n) is 1.69. The Morgan fingerprint density at radius 1 is 0.960 bits per heavy atom. The van der Waals surface area contributed by atoms with Gasteiger partial charge in [0.25, 0.3) is 0 Å². The standard InChI is InChI=1S/C5H12O.C4H10O.C3H5BrO.C3H9NO.C3H8O/c1-3-5-6-4-2;1-3-4-5-2;1-3(5)2-4;1-5-3-2-4;1-2-3-4/h3-5H2,1-2H3;3-4H2,1-2H3;2H2,1H3;2-4H2,1H3;4H,2-3H2,1H3. The molecule has 0 aliphatic carbocycles. The van der Waals surface area contributed by atoms with E-state index in [0.29, 0.717) is 25.1 Å². The van der Waals surface area contributed by atoms with Crippen molar-refractivity contribution in [1.82, 2.24) is 0 Å². The molecule has 0 saturated heterocycles. The number of alkyl halides is 1. The van der Waals surface area contributed by atoms with Crippen molar-refractivity contribution in [2.75, 3.05) is 59.1 Å². The molecule has 0 saturated carbocycles. The fourth-order valence-corrected chi connectivity index (χ4v) is 0.611. The second-order valence-electron chi connectivity index (χ2n) is 4.53. The molecular weight excluding hydrogens is 390 g/mol. The molecule has 158 valence electrons. The maximum atomic E-state index is 9.77. The number of hydrogen-bond donors (Lipinski definition) is 2. The lowest BCUT2D eigenvalue weighted by Crippen LogP contribution is -2.05. The van der Waals surface area contributed by atoms with Crippen molar-refractivity contribution in [3.63, 3.8) is 0 Å². The number of aliphatic hydroxyl groups is 1. The summed E-state index contributed by atoms with van der Waals surface area (Å²) in [7, 11) is 3.34. The molecule has 0 atom stereocenters. The van der Waals surface area contributed by atoms with Gasteiger partial charge in [0.2, 0.25) is 0 Å². The van der Waals surface area contributed by atoms with Crippen molar-refractivity contribution in [1.29, 1.82) is 0 Å². The molecule has 0 fully saturated rings. The Kier molecular flexibility index (Phi) is 71.3. The van der Waals surface area contributed by atoms with E-state index < -0.39 is 0 Å². The van der Waals surface area contributed by atoms with Gasteiger partial charge in [0.05, 0.1) is 11.9 Å². The molecule has 7 heteroatoms. The molecule has 0 aliphatic heterocycles. The van der Waals surface area contributed by atoms with Gasteiger partial charge in [0.15, 0.2) is 0 Å². The molecule has 0 aromatic rings. The van der Waals surface area contributed by atoms with E-state index in [1.54, 1.807) is 14.2 Å². The summed E-state index contributed by atoms with van der Waals surface area (Å²) in [4.78, 5) is 9.77. The van der Waals surface area contributed by atoms with Gasteiger partial charge in [-0.15, -0.1) is 0 Å². The number of methoxy groups -OCH3 is 2. The van der Waals surface area contributed by atoms with E-state index in [9.17, 15) is 4.79 Å². The largest absolute Gasteiger partial charge is 0.396 e. The predicted molar refractivity (Wildman–Crippen MR) is 112 cm³/mol. The number of halogens is 1. The number of aliphatic hydroxyl groups excluding tert-OH is 1. The second-order valence-corrected chi connectivity index (χ2v) is 5.09. The minimum Gasteiger partial charge on any atom is -0.396 e. The van der Waals surface area contributed by atoms with Gasteiger partial charge >= 0.3 is 0 Å². The van der Waals surface area contributed by atoms with E-state index in [-0.39, 0.29) is 5.78 Å². The fourth-order valence-electron chi connectivity index (χ4n) is 0.611. The van der Waals surface area contributed by atoms with Gasteiger partial charge in [0, 0.05) is 47.2 Å². The Morgan fingerprint density at radius 3 is 1.40 bits per heavy atom. The summed E-state index contributed by atoms with van der Waals surface area (Å²) in [6, 6.07) is 0. The molecule has 0 radical (unpaired) electrons. The number of carbonyl (C=O) groups is 1. The third-order valence-corrected chi connectivity index (χ3v) is 2.48. The van der Waals surface area contributed by atoms with Crippen LogP contribution in [0.3, 0.4) is 0 Å². The van der Waals surface area contributed by atoms with Crippen LogP contribution in [-0.4, -0.2) is 70.0 Å². The molecule has 0 bridgehead atoms. The molecule has 0 aromatic carbocycles. The van der Waals surface area contributed by atoms with Crippen molar-refractivity contribution in [3.8, 4) is 0 Å². The first-order chi connectivity index (χ1) is 11.9. The van der Waals surface area contributed by atoms with Gasteiger partial charge in [-0.3, -0.25) is 4.79 Å². The molecule has 0 spiro atoms. The first kappa shape index (κ1) is 36.0. The highest BCUT2D eigenvalue weighted by Crippen LogP contribution is 1.76. The highest BCUT2D eigenvalue weighted by atomic mass is 79.9. The predicted octanol–water partition coefficient (Wildman–Crippen LogP) is 3.43. The second kappa shape index (κ2) is 49.6. The van der Waals surface area contributed by atoms with Gasteiger partial charge in [-0.2, -0.15) is 0 Å². The Balaban J connectivity index is -0.0000000671. The third kappa shape index (κ3) is 117. The minimum absolute atomic E-state index is 0.171. The molecule has 0 amide bonds. The van der Waals surface area contributed by atoms with Gasteiger partial charge in [-0.25, -0.2) is 0 Å².